The molecule has 0 saturated carbocycles. The Hall–Kier alpha value is -1.52. The fourth-order valence-electron chi connectivity index (χ4n) is 2.41. The average molecular weight is 309 g/mol. The molecule has 3 rings (SSSR count). The summed E-state index contributed by atoms with van der Waals surface area (Å²) in [6.07, 6.45) is 0. The zero-order valence-electron chi connectivity index (χ0n) is 11.3. The number of rotatable bonds is 3. The molecule has 0 radical (unpaired) electrons. The zero-order valence-corrected chi connectivity index (χ0v) is 12.8. The molecule has 2 aromatic heterocycles. The Morgan fingerprint density at radius 3 is 2.65 bits per heavy atom. The Bertz CT molecular complexity index is 773. The third-order valence-electron chi connectivity index (χ3n) is 3.29. The number of hydrogen-bond acceptors (Lipinski definition) is 2. The molecule has 0 fully saturated rings. The predicted octanol–water partition coefficient (Wildman–Crippen LogP) is 3.94. The van der Waals surface area contributed by atoms with E-state index in [-0.39, 0.29) is 0 Å². The fraction of sp³-hybridized carbons (Fsp3) is 0.286. The molecule has 3 aromatic rings. The number of hydrogen-bond donors (Lipinski definition) is 0. The van der Waals surface area contributed by atoms with Crippen LogP contribution in [0.5, 0.6) is 0 Å². The minimum absolute atomic E-state index is 0.322. The van der Waals surface area contributed by atoms with Gasteiger partial charge < -0.3 is 0 Å². The Labute approximate surface area is 126 Å². The van der Waals surface area contributed by atoms with Crippen LogP contribution in [0.3, 0.4) is 0 Å². The summed E-state index contributed by atoms with van der Waals surface area (Å²) < 4.78 is 3.92. The van der Waals surface area contributed by atoms with Crippen molar-refractivity contribution in [1.29, 1.82) is 0 Å². The van der Waals surface area contributed by atoms with Gasteiger partial charge in [-0.25, -0.2) is 9.67 Å². The summed E-state index contributed by atoms with van der Waals surface area (Å²) in [6, 6.07) is 7.68. The topological polar surface area (TPSA) is 35.6 Å². The lowest BCUT2D eigenvalue weighted by atomic mass is 10.3. The Kier molecular flexibility index (Phi) is 3.44. The number of aromatic nitrogens is 4. The zero-order chi connectivity index (χ0) is 14.3. The molecular formula is C14H14Cl2N4. The first-order valence-corrected chi connectivity index (χ1v) is 7.34. The van der Waals surface area contributed by atoms with Gasteiger partial charge in [-0.1, -0.05) is 23.7 Å². The summed E-state index contributed by atoms with van der Waals surface area (Å²) in [5.74, 6) is 1.10. The normalized spacial score (nSPS) is 11.4. The number of alkyl halides is 1. The summed E-state index contributed by atoms with van der Waals surface area (Å²) in [4.78, 5) is 4.61. The lowest BCUT2D eigenvalue weighted by molar-refractivity contribution is 0.660. The SMILES string of the molecule is CCn1nc(C)c2nc(CCl)n(-c3ccccc3Cl)c21. The standard InChI is InChI=1S/C14H14Cl2N4/c1-3-19-14-13(9(2)18-19)17-12(8-15)20(14)11-7-5-4-6-10(11)16/h4-7H,3,8H2,1-2H3. The monoisotopic (exact) mass is 308 g/mol. The van der Waals surface area contributed by atoms with E-state index in [9.17, 15) is 0 Å². The molecule has 104 valence electrons. The van der Waals surface area contributed by atoms with Crippen molar-refractivity contribution in [3.63, 3.8) is 0 Å². The lowest BCUT2D eigenvalue weighted by Gasteiger charge is -2.10. The second-order valence-electron chi connectivity index (χ2n) is 4.52. The first-order valence-electron chi connectivity index (χ1n) is 6.43. The number of halogens is 2. The smallest absolute Gasteiger partial charge is 0.163 e. The van der Waals surface area contributed by atoms with Gasteiger partial charge in [0.2, 0.25) is 0 Å². The molecule has 0 aliphatic rings. The largest absolute Gasteiger partial charge is 0.278 e. The van der Waals surface area contributed by atoms with Crippen molar-refractivity contribution in [1.82, 2.24) is 19.3 Å². The van der Waals surface area contributed by atoms with Crippen molar-refractivity contribution >= 4 is 34.4 Å². The van der Waals surface area contributed by atoms with Crippen molar-refractivity contribution < 1.29 is 0 Å². The molecular weight excluding hydrogens is 295 g/mol. The molecule has 2 heterocycles. The summed E-state index contributed by atoms with van der Waals surface area (Å²) in [5, 5.41) is 5.17. The molecule has 0 spiro atoms. The van der Waals surface area contributed by atoms with Gasteiger partial charge in [0.05, 0.1) is 22.3 Å². The molecule has 0 saturated heterocycles. The molecule has 0 amide bonds. The molecule has 4 nitrogen and oxygen atoms in total. The molecule has 1 aromatic carbocycles. The summed E-state index contributed by atoms with van der Waals surface area (Å²) in [5.41, 5.74) is 3.59. The van der Waals surface area contributed by atoms with Gasteiger partial charge in [-0.2, -0.15) is 5.10 Å². The Morgan fingerprint density at radius 1 is 1.25 bits per heavy atom. The first-order chi connectivity index (χ1) is 9.67. The lowest BCUT2D eigenvalue weighted by Crippen LogP contribution is -2.06. The van der Waals surface area contributed by atoms with Crippen LogP contribution in [0.1, 0.15) is 18.4 Å². The minimum atomic E-state index is 0.322. The van der Waals surface area contributed by atoms with Gasteiger partial charge >= 0.3 is 0 Å². The van der Waals surface area contributed by atoms with Crippen molar-refractivity contribution in [3.05, 3.63) is 40.8 Å². The maximum absolute atomic E-state index is 6.33. The minimum Gasteiger partial charge on any atom is -0.278 e. The van der Waals surface area contributed by atoms with Crippen molar-refractivity contribution in [2.45, 2.75) is 26.3 Å². The van der Waals surface area contributed by atoms with Gasteiger partial charge in [-0.15, -0.1) is 11.6 Å². The van der Waals surface area contributed by atoms with Gasteiger partial charge in [0.15, 0.2) is 5.65 Å². The van der Waals surface area contributed by atoms with E-state index in [1.165, 1.54) is 0 Å². The van der Waals surface area contributed by atoms with Crippen molar-refractivity contribution in [2.24, 2.45) is 0 Å². The van der Waals surface area contributed by atoms with Crippen LogP contribution in [-0.2, 0) is 12.4 Å². The van der Waals surface area contributed by atoms with E-state index in [1.54, 1.807) is 0 Å². The van der Waals surface area contributed by atoms with Crippen LogP contribution in [0, 0.1) is 6.92 Å². The molecule has 0 unspecified atom stereocenters. The number of nitrogens with zero attached hydrogens (tertiary/aromatic N) is 4. The quantitative estimate of drug-likeness (QED) is 0.687. The van der Waals surface area contributed by atoms with E-state index in [1.807, 2.05) is 40.4 Å². The van der Waals surface area contributed by atoms with E-state index in [4.69, 9.17) is 23.2 Å². The number of imidazole rings is 1. The number of para-hydroxylation sites is 1. The van der Waals surface area contributed by atoms with Gasteiger partial charge in [-0.05, 0) is 26.0 Å². The average Bonchev–Trinajstić information content (AvgIpc) is 2.97. The van der Waals surface area contributed by atoms with Crippen LogP contribution < -0.4 is 0 Å². The second kappa shape index (κ2) is 5.11. The van der Waals surface area contributed by atoms with Crippen molar-refractivity contribution in [2.75, 3.05) is 0 Å². The van der Waals surface area contributed by atoms with Crippen LogP contribution in [0.2, 0.25) is 5.02 Å². The second-order valence-corrected chi connectivity index (χ2v) is 5.20. The summed E-state index contributed by atoms with van der Waals surface area (Å²) in [6.45, 7) is 4.77. The van der Waals surface area contributed by atoms with E-state index < -0.39 is 0 Å². The molecule has 20 heavy (non-hydrogen) atoms. The van der Waals surface area contributed by atoms with E-state index in [0.717, 1.165) is 34.9 Å². The third-order valence-corrected chi connectivity index (χ3v) is 3.85. The predicted molar refractivity (Wildman–Crippen MR) is 81.8 cm³/mol. The highest BCUT2D eigenvalue weighted by Gasteiger charge is 2.19. The van der Waals surface area contributed by atoms with Crippen LogP contribution in [-0.4, -0.2) is 19.3 Å². The van der Waals surface area contributed by atoms with Crippen LogP contribution >= 0.6 is 23.2 Å². The van der Waals surface area contributed by atoms with Gasteiger partial charge in [0, 0.05) is 6.54 Å². The molecule has 0 aliphatic carbocycles. The van der Waals surface area contributed by atoms with Gasteiger partial charge in [-0.3, -0.25) is 4.57 Å². The van der Waals surface area contributed by atoms with E-state index in [2.05, 4.69) is 17.0 Å². The van der Waals surface area contributed by atoms with Gasteiger partial charge in [0.25, 0.3) is 0 Å². The first kappa shape index (κ1) is 13.5. The highest BCUT2D eigenvalue weighted by Crippen LogP contribution is 2.28. The number of benzene rings is 1. The van der Waals surface area contributed by atoms with E-state index in [0.29, 0.717) is 10.9 Å². The van der Waals surface area contributed by atoms with Crippen molar-refractivity contribution in [3.8, 4) is 5.69 Å². The molecule has 0 atom stereocenters. The molecule has 6 heteroatoms. The maximum atomic E-state index is 6.33. The molecule has 0 N–H and O–H groups in total. The summed E-state index contributed by atoms with van der Waals surface area (Å²) in [7, 11) is 0. The Balaban J connectivity index is 2.41. The van der Waals surface area contributed by atoms with Crippen LogP contribution in [0.4, 0.5) is 0 Å². The van der Waals surface area contributed by atoms with Crippen LogP contribution in [0.25, 0.3) is 16.9 Å². The molecule has 0 bridgehead atoms. The van der Waals surface area contributed by atoms with Crippen LogP contribution in [0.15, 0.2) is 24.3 Å². The van der Waals surface area contributed by atoms with E-state index >= 15 is 0 Å². The third kappa shape index (κ3) is 1.91. The summed E-state index contributed by atoms with van der Waals surface area (Å²) >= 11 is 12.4. The van der Waals surface area contributed by atoms with Gasteiger partial charge in [0.1, 0.15) is 11.3 Å². The maximum Gasteiger partial charge on any atom is 0.163 e. The highest BCUT2D eigenvalue weighted by atomic mass is 35.5. The number of aryl methyl sites for hydroxylation is 2. The highest BCUT2D eigenvalue weighted by molar-refractivity contribution is 6.32. The number of fused-ring (bicyclic) bond motifs is 1. The Morgan fingerprint density at radius 2 is 2.00 bits per heavy atom. The molecule has 0 aliphatic heterocycles. The fourth-order valence-corrected chi connectivity index (χ4v) is 2.81.